The maximum absolute atomic E-state index is 14.1. The highest BCUT2D eigenvalue weighted by atomic mass is 19.1. The molecular weight excluding hydrogens is 452 g/mol. The maximum atomic E-state index is 14.1. The lowest BCUT2D eigenvalue weighted by molar-refractivity contribution is -0.145. The Bertz CT molecular complexity index is 1130. The van der Waals surface area contributed by atoms with Gasteiger partial charge >= 0.3 is 0 Å². The van der Waals surface area contributed by atoms with Gasteiger partial charge in [0.1, 0.15) is 17.7 Å². The van der Waals surface area contributed by atoms with Gasteiger partial charge in [-0.25, -0.2) is 13.8 Å². The van der Waals surface area contributed by atoms with Crippen molar-refractivity contribution >= 4 is 17.5 Å². The first-order valence-corrected chi connectivity index (χ1v) is 11.7. The third-order valence-corrected chi connectivity index (χ3v) is 6.17. The molecule has 0 bridgehead atoms. The standard InChI is InChI=1S/C26H31F2N5O2/c1-4-5-6-9-30-25(34)16-32(24-12-20(13-29)23(28)10-18(24)2)17-26(35)31(3)33-14-19-7-8-22(27)11-21(19)15-33/h7-8,10-12H,4-6,9,14-17H2,1-3H3,(H,30,34). The second-order valence-electron chi connectivity index (χ2n) is 8.80. The van der Waals surface area contributed by atoms with Crippen LogP contribution in [-0.4, -0.2) is 48.5 Å². The number of nitrogens with zero attached hydrogens (tertiary/aromatic N) is 4. The molecule has 0 radical (unpaired) electrons. The summed E-state index contributed by atoms with van der Waals surface area (Å²) in [6, 6.07) is 9.00. The van der Waals surface area contributed by atoms with Crippen LogP contribution in [0.4, 0.5) is 14.5 Å². The van der Waals surface area contributed by atoms with Gasteiger partial charge in [0.25, 0.3) is 5.91 Å². The number of hydrogen-bond acceptors (Lipinski definition) is 5. The minimum atomic E-state index is -0.650. The maximum Gasteiger partial charge on any atom is 0.256 e. The molecule has 0 unspecified atom stereocenters. The van der Waals surface area contributed by atoms with Crippen LogP contribution in [0.3, 0.4) is 0 Å². The molecule has 3 rings (SSSR count). The summed E-state index contributed by atoms with van der Waals surface area (Å²) >= 11 is 0. The Hall–Kier alpha value is -3.51. The molecule has 1 aliphatic rings. The van der Waals surface area contributed by atoms with Gasteiger partial charge < -0.3 is 10.2 Å². The van der Waals surface area contributed by atoms with Crippen molar-refractivity contribution in [2.24, 2.45) is 0 Å². The SMILES string of the molecule is CCCCCNC(=O)CN(CC(=O)N(C)N1Cc2ccc(F)cc2C1)c1cc(C#N)c(F)cc1C. The van der Waals surface area contributed by atoms with Gasteiger partial charge in [-0.2, -0.15) is 5.26 Å². The average Bonchev–Trinajstić information content (AvgIpc) is 3.24. The van der Waals surface area contributed by atoms with E-state index in [1.54, 1.807) is 29.9 Å². The van der Waals surface area contributed by atoms with Crippen molar-refractivity contribution in [3.05, 3.63) is 64.2 Å². The van der Waals surface area contributed by atoms with Crippen molar-refractivity contribution in [1.82, 2.24) is 15.3 Å². The highest BCUT2D eigenvalue weighted by Gasteiger charge is 2.27. The molecule has 2 aromatic rings. The Kier molecular flexibility index (Phi) is 8.77. The van der Waals surface area contributed by atoms with Crippen LogP contribution in [0, 0.1) is 29.9 Å². The van der Waals surface area contributed by atoms with Crippen LogP contribution >= 0.6 is 0 Å². The number of hydrazine groups is 1. The Balaban J connectivity index is 1.77. The number of nitriles is 1. The molecule has 1 heterocycles. The summed E-state index contributed by atoms with van der Waals surface area (Å²) < 4.78 is 27.7. The van der Waals surface area contributed by atoms with Crippen molar-refractivity contribution in [2.75, 3.05) is 31.6 Å². The zero-order chi connectivity index (χ0) is 25.5. The monoisotopic (exact) mass is 483 g/mol. The van der Waals surface area contributed by atoms with Crippen LogP contribution in [0.2, 0.25) is 0 Å². The number of carbonyl (C=O) groups excluding carboxylic acids is 2. The normalized spacial score (nSPS) is 12.7. The molecule has 0 fully saturated rings. The first-order valence-electron chi connectivity index (χ1n) is 11.7. The summed E-state index contributed by atoms with van der Waals surface area (Å²) in [4.78, 5) is 27.5. The highest BCUT2D eigenvalue weighted by Crippen LogP contribution is 2.26. The summed E-state index contributed by atoms with van der Waals surface area (Å²) in [5.74, 6) is -1.53. The molecule has 0 saturated heterocycles. The summed E-state index contributed by atoms with van der Waals surface area (Å²) in [7, 11) is 1.63. The summed E-state index contributed by atoms with van der Waals surface area (Å²) in [6.07, 6.45) is 2.88. The van der Waals surface area contributed by atoms with E-state index in [0.717, 1.165) is 30.4 Å². The number of fused-ring (bicyclic) bond motifs is 1. The first kappa shape index (κ1) is 26.1. The smallest absolute Gasteiger partial charge is 0.256 e. The van der Waals surface area contributed by atoms with Gasteiger partial charge in [-0.15, -0.1) is 0 Å². The molecule has 35 heavy (non-hydrogen) atoms. The molecule has 2 aromatic carbocycles. The quantitative estimate of drug-likeness (QED) is 0.522. The fraction of sp³-hybridized carbons (Fsp3) is 0.423. The molecular formula is C26H31F2N5O2. The zero-order valence-electron chi connectivity index (χ0n) is 20.4. The van der Waals surface area contributed by atoms with Gasteiger partial charge in [0.05, 0.1) is 18.7 Å². The second-order valence-corrected chi connectivity index (χ2v) is 8.80. The lowest BCUT2D eigenvalue weighted by Crippen LogP contribution is -2.48. The predicted octanol–water partition coefficient (Wildman–Crippen LogP) is 3.65. The first-order chi connectivity index (χ1) is 16.7. The fourth-order valence-electron chi connectivity index (χ4n) is 4.13. The number of unbranched alkanes of at least 4 members (excludes halogenated alkanes) is 2. The lowest BCUT2D eigenvalue weighted by atomic mass is 10.1. The largest absolute Gasteiger partial charge is 0.355 e. The molecule has 0 aliphatic carbocycles. The molecule has 2 amide bonds. The molecule has 9 heteroatoms. The van der Waals surface area contributed by atoms with Crippen LogP contribution in [0.1, 0.15) is 48.4 Å². The van der Waals surface area contributed by atoms with Crippen LogP contribution in [0.25, 0.3) is 0 Å². The predicted molar refractivity (Wildman–Crippen MR) is 129 cm³/mol. The third-order valence-electron chi connectivity index (χ3n) is 6.17. The molecule has 0 spiro atoms. The molecule has 0 atom stereocenters. The Morgan fingerprint density at radius 2 is 1.86 bits per heavy atom. The molecule has 0 saturated carbocycles. The van der Waals surface area contributed by atoms with Gasteiger partial charge in [0.15, 0.2) is 0 Å². The van der Waals surface area contributed by atoms with Crippen molar-refractivity contribution in [3.63, 3.8) is 0 Å². The molecule has 1 N–H and O–H groups in total. The van der Waals surface area contributed by atoms with E-state index in [1.165, 1.54) is 29.3 Å². The van der Waals surface area contributed by atoms with E-state index in [2.05, 4.69) is 12.2 Å². The highest BCUT2D eigenvalue weighted by molar-refractivity contribution is 5.86. The molecule has 1 aliphatic heterocycles. The number of benzene rings is 2. The zero-order valence-corrected chi connectivity index (χ0v) is 20.4. The van der Waals surface area contributed by atoms with Crippen molar-refractivity contribution in [3.8, 4) is 6.07 Å². The van der Waals surface area contributed by atoms with E-state index in [4.69, 9.17) is 0 Å². The van der Waals surface area contributed by atoms with E-state index in [0.29, 0.717) is 30.9 Å². The van der Waals surface area contributed by atoms with E-state index >= 15 is 0 Å². The van der Waals surface area contributed by atoms with Gasteiger partial charge in [-0.3, -0.25) is 14.6 Å². The number of hydrogen-bond donors (Lipinski definition) is 1. The number of nitrogens with one attached hydrogen (secondary N) is 1. The summed E-state index contributed by atoms with van der Waals surface area (Å²) in [5, 5.41) is 15.4. The van der Waals surface area contributed by atoms with Crippen molar-refractivity contribution < 1.29 is 18.4 Å². The number of likely N-dealkylation sites (N-methyl/N-ethyl adjacent to an activating group) is 1. The number of amides is 2. The Morgan fingerprint density at radius 1 is 1.11 bits per heavy atom. The van der Waals surface area contributed by atoms with E-state index in [1.807, 2.05) is 6.07 Å². The molecule has 186 valence electrons. The van der Waals surface area contributed by atoms with E-state index in [-0.39, 0.29) is 36.3 Å². The van der Waals surface area contributed by atoms with Gasteiger partial charge in [-0.1, -0.05) is 25.8 Å². The number of halogens is 2. The average molecular weight is 484 g/mol. The fourth-order valence-corrected chi connectivity index (χ4v) is 4.13. The Labute approximate surface area is 204 Å². The van der Waals surface area contributed by atoms with Crippen LogP contribution in [0.15, 0.2) is 30.3 Å². The summed E-state index contributed by atoms with van der Waals surface area (Å²) in [6.45, 7) is 4.86. The van der Waals surface area contributed by atoms with Gasteiger partial charge in [0.2, 0.25) is 5.91 Å². The third kappa shape index (κ3) is 6.55. The summed E-state index contributed by atoms with van der Waals surface area (Å²) in [5.41, 5.74) is 2.57. The topological polar surface area (TPSA) is 79.7 Å². The minimum absolute atomic E-state index is 0.117. The van der Waals surface area contributed by atoms with E-state index < -0.39 is 5.82 Å². The van der Waals surface area contributed by atoms with Gasteiger partial charge in [-0.05, 0) is 54.3 Å². The number of carbonyl (C=O) groups is 2. The second kappa shape index (κ2) is 11.8. The lowest BCUT2D eigenvalue weighted by Gasteiger charge is -2.32. The van der Waals surface area contributed by atoms with Crippen molar-refractivity contribution in [2.45, 2.75) is 46.2 Å². The van der Waals surface area contributed by atoms with Crippen molar-refractivity contribution in [1.29, 1.82) is 5.26 Å². The number of anilines is 1. The minimum Gasteiger partial charge on any atom is -0.355 e. The number of rotatable bonds is 10. The molecule has 7 nitrogen and oxygen atoms in total. The van der Waals surface area contributed by atoms with Crippen LogP contribution in [-0.2, 0) is 22.7 Å². The molecule has 0 aromatic heterocycles. The van der Waals surface area contributed by atoms with Crippen LogP contribution in [0.5, 0.6) is 0 Å². The Morgan fingerprint density at radius 3 is 2.57 bits per heavy atom. The van der Waals surface area contributed by atoms with E-state index in [9.17, 15) is 23.6 Å². The van der Waals surface area contributed by atoms with Gasteiger partial charge in [0, 0.05) is 32.4 Å². The number of aryl methyl sites for hydroxylation is 1. The van der Waals surface area contributed by atoms with Crippen LogP contribution < -0.4 is 10.2 Å².